The Morgan fingerprint density at radius 3 is 2.69 bits per heavy atom. The minimum Gasteiger partial charge on any atom is -0.493 e. The molecule has 0 heterocycles. The molecule has 6 nitrogen and oxygen atoms in total. The molecule has 0 saturated heterocycles. The van der Waals surface area contributed by atoms with Crippen LogP contribution in [-0.2, 0) is 9.59 Å². The molecule has 2 amide bonds. The fourth-order valence-corrected chi connectivity index (χ4v) is 2.56. The van der Waals surface area contributed by atoms with Gasteiger partial charge in [-0.25, -0.2) is 5.43 Å². The number of rotatable bonds is 5. The molecule has 0 unspecified atom stereocenters. The molecule has 7 heteroatoms. The Labute approximate surface area is 160 Å². The van der Waals surface area contributed by atoms with E-state index in [-0.39, 0.29) is 0 Å². The first kappa shape index (κ1) is 19.7. The van der Waals surface area contributed by atoms with Crippen LogP contribution in [0.15, 0.2) is 46.0 Å². The first-order valence-corrected chi connectivity index (χ1v) is 8.84. The standard InChI is InChI=1S/C19H20BrN3O3/c1-4-26-17-9-8-15(20)10-14(17)11-21-23-19(25)18(24)22-16-7-5-6-12(2)13(16)3/h5-11H,4H2,1-3H3,(H,22,24)(H,23,25)/b21-11-. The molecule has 0 aliphatic carbocycles. The summed E-state index contributed by atoms with van der Waals surface area (Å²) in [5.74, 6) is -1.00. The minimum atomic E-state index is -0.852. The molecule has 2 N–H and O–H groups in total. The van der Waals surface area contributed by atoms with Gasteiger partial charge in [0, 0.05) is 15.7 Å². The Kier molecular flexibility index (Phi) is 6.91. The number of amides is 2. The van der Waals surface area contributed by atoms with Crippen LogP contribution in [-0.4, -0.2) is 24.6 Å². The van der Waals surface area contributed by atoms with Crippen LogP contribution in [0.1, 0.15) is 23.6 Å². The van der Waals surface area contributed by atoms with Gasteiger partial charge < -0.3 is 10.1 Å². The van der Waals surface area contributed by atoms with E-state index < -0.39 is 11.8 Å². The molecule has 26 heavy (non-hydrogen) atoms. The molecule has 0 saturated carbocycles. The zero-order chi connectivity index (χ0) is 19.1. The van der Waals surface area contributed by atoms with Crippen LogP contribution in [0.25, 0.3) is 0 Å². The fraction of sp³-hybridized carbons (Fsp3) is 0.211. The molecule has 0 fully saturated rings. The van der Waals surface area contributed by atoms with E-state index in [1.54, 1.807) is 18.2 Å². The lowest BCUT2D eigenvalue weighted by atomic mass is 10.1. The Bertz CT molecular complexity index is 850. The van der Waals surface area contributed by atoms with Crippen LogP contribution < -0.4 is 15.5 Å². The minimum absolute atomic E-state index is 0.507. The van der Waals surface area contributed by atoms with Crippen LogP contribution in [0.4, 0.5) is 5.69 Å². The number of hydrazone groups is 1. The van der Waals surface area contributed by atoms with Crippen molar-refractivity contribution < 1.29 is 14.3 Å². The maximum absolute atomic E-state index is 12.0. The fourth-order valence-electron chi connectivity index (χ4n) is 2.18. The highest BCUT2D eigenvalue weighted by Crippen LogP contribution is 2.21. The third-order valence-electron chi connectivity index (χ3n) is 3.70. The summed E-state index contributed by atoms with van der Waals surface area (Å²) in [6.07, 6.45) is 1.43. The van der Waals surface area contributed by atoms with Crippen LogP contribution in [0.3, 0.4) is 0 Å². The van der Waals surface area contributed by atoms with E-state index in [0.717, 1.165) is 15.6 Å². The van der Waals surface area contributed by atoms with Gasteiger partial charge in [-0.2, -0.15) is 5.10 Å². The van der Waals surface area contributed by atoms with Gasteiger partial charge in [-0.1, -0.05) is 28.1 Å². The Hall–Kier alpha value is -2.67. The van der Waals surface area contributed by atoms with Crippen LogP contribution in [0.2, 0.25) is 0 Å². The Morgan fingerprint density at radius 2 is 1.96 bits per heavy atom. The Balaban J connectivity index is 2.02. The molecule has 136 valence electrons. The molecule has 2 aromatic rings. The van der Waals surface area contributed by atoms with Crippen LogP contribution in [0, 0.1) is 13.8 Å². The predicted molar refractivity (Wildman–Crippen MR) is 106 cm³/mol. The summed E-state index contributed by atoms with van der Waals surface area (Å²) in [4.78, 5) is 23.9. The van der Waals surface area contributed by atoms with Crippen molar-refractivity contribution in [1.82, 2.24) is 5.43 Å². The highest BCUT2D eigenvalue weighted by molar-refractivity contribution is 9.10. The molecule has 0 aliphatic heterocycles. The number of ether oxygens (including phenoxy) is 1. The summed E-state index contributed by atoms with van der Waals surface area (Å²) in [6.45, 7) is 6.20. The smallest absolute Gasteiger partial charge is 0.329 e. The first-order chi connectivity index (χ1) is 12.4. The summed E-state index contributed by atoms with van der Waals surface area (Å²) in [5.41, 5.74) is 5.43. The van der Waals surface area contributed by atoms with E-state index in [1.165, 1.54) is 6.21 Å². The van der Waals surface area contributed by atoms with Gasteiger partial charge in [0.05, 0.1) is 12.8 Å². The van der Waals surface area contributed by atoms with Gasteiger partial charge in [0.2, 0.25) is 0 Å². The van der Waals surface area contributed by atoms with Gasteiger partial charge in [-0.15, -0.1) is 0 Å². The molecular formula is C19H20BrN3O3. The van der Waals surface area contributed by atoms with Gasteiger partial charge in [0.25, 0.3) is 0 Å². The van der Waals surface area contributed by atoms with Gasteiger partial charge in [-0.3, -0.25) is 9.59 Å². The lowest BCUT2D eigenvalue weighted by Crippen LogP contribution is -2.32. The lowest BCUT2D eigenvalue weighted by Gasteiger charge is -2.09. The van der Waals surface area contributed by atoms with Gasteiger partial charge in [-0.05, 0) is 56.2 Å². The second-order valence-corrected chi connectivity index (χ2v) is 6.43. The number of carbonyl (C=O) groups is 2. The van der Waals surface area contributed by atoms with Crippen molar-refractivity contribution in [3.05, 3.63) is 57.6 Å². The van der Waals surface area contributed by atoms with Gasteiger partial charge >= 0.3 is 11.8 Å². The number of hydrogen-bond donors (Lipinski definition) is 2. The van der Waals surface area contributed by atoms with Gasteiger partial charge in [0.1, 0.15) is 5.75 Å². The van der Waals surface area contributed by atoms with Crippen molar-refractivity contribution in [3.63, 3.8) is 0 Å². The van der Waals surface area contributed by atoms with Crippen molar-refractivity contribution in [2.75, 3.05) is 11.9 Å². The van der Waals surface area contributed by atoms with Crippen LogP contribution in [0.5, 0.6) is 5.75 Å². The maximum atomic E-state index is 12.0. The van der Waals surface area contributed by atoms with E-state index in [4.69, 9.17) is 4.74 Å². The third-order valence-corrected chi connectivity index (χ3v) is 4.19. The van der Waals surface area contributed by atoms with Crippen molar-refractivity contribution in [2.24, 2.45) is 5.10 Å². The summed E-state index contributed by atoms with van der Waals surface area (Å²) in [7, 11) is 0. The van der Waals surface area contributed by atoms with Crippen molar-refractivity contribution in [2.45, 2.75) is 20.8 Å². The lowest BCUT2D eigenvalue weighted by molar-refractivity contribution is -0.136. The monoisotopic (exact) mass is 417 g/mol. The number of nitrogens with one attached hydrogen (secondary N) is 2. The van der Waals surface area contributed by atoms with Crippen molar-refractivity contribution in [3.8, 4) is 5.75 Å². The van der Waals surface area contributed by atoms with Crippen molar-refractivity contribution in [1.29, 1.82) is 0 Å². The molecule has 0 radical (unpaired) electrons. The number of benzene rings is 2. The molecule has 0 aromatic heterocycles. The largest absolute Gasteiger partial charge is 0.493 e. The molecular weight excluding hydrogens is 398 g/mol. The van der Waals surface area contributed by atoms with E-state index in [9.17, 15) is 9.59 Å². The van der Waals surface area contributed by atoms with E-state index >= 15 is 0 Å². The normalized spacial score (nSPS) is 10.6. The summed E-state index contributed by atoms with van der Waals surface area (Å²) < 4.78 is 6.34. The zero-order valence-electron chi connectivity index (χ0n) is 14.8. The molecule has 2 aromatic carbocycles. The average molecular weight is 418 g/mol. The predicted octanol–water partition coefficient (Wildman–Crippen LogP) is 3.55. The first-order valence-electron chi connectivity index (χ1n) is 8.05. The SMILES string of the molecule is CCOc1ccc(Br)cc1/C=N\NC(=O)C(=O)Nc1cccc(C)c1C. The van der Waals surface area contributed by atoms with Gasteiger partial charge in [0.15, 0.2) is 0 Å². The highest BCUT2D eigenvalue weighted by Gasteiger charge is 2.14. The summed E-state index contributed by atoms with van der Waals surface area (Å²) in [6, 6.07) is 10.9. The zero-order valence-corrected chi connectivity index (χ0v) is 16.4. The number of nitrogens with zero attached hydrogens (tertiary/aromatic N) is 1. The molecule has 0 spiro atoms. The number of hydrogen-bond acceptors (Lipinski definition) is 4. The number of anilines is 1. The maximum Gasteiger partial charge on any atom is 0.329 e. The summed E-state index contributed by atoms with van der Waals surface area (Å²) in [5, 5.41) is 6.43. The molecule has 0 bridgehead atoms. The number of aryl methyl sites for hydroxylation is 1. The average Bonchev–Trinajstić information content (AvgIpc) is 2.61. The highest BCUT2D eigenvalue weighted by atomic mass is 79.9. The van der Waals surface area contributed by atoms with E-state index in [1.807, 2.05) is 39.0 Å². The second-order valence-electron chi connectivity index (χ2n) is 5.52. The summed E-state index contributed by atoms with van der Waals surface area (Å²) >= 11 is 3.37. The van der Waals surface area contributed by atoms with Crippen molar-refractivity contribution >= 4 is 39.6 Å². The number of carbonyl (C=O) groups excluding carboxylic acids is 2. The third kappa shape index (κ3) is 5.16. The second kappa shape index (κ2) is 9.15. The van der Waals surface area contributed by atoms with E-state index in [2.05, 4.69) is 31.8 Å². The van der Waals surface area contributed by atoms with E-state index in [0.29, 0.717) is 23.6 Å². The van der Waals surface area contributed by atoms with Crippen LogP contribution >= 0.6 is 15.9 Å². The number of halogens is 1. The quantitative estimate of drug-likeness (QED) is 0.443. The topological polar surface area (TPSA) is 79.8 Å². The molecule has 2 rings (SSSR count). The molecule has 0 aliphatic rings. The Morgan fingerprint density at radius 1 is 1.19 bits per heavy atom. The molecule has 0 atom stereocenters.